The summed E-state index contributed by atoms with van der Waals surface area (Å²) in [5.41, 5.74) is 2.55. The van der Waals surface area contributed by atoms with Crippen molar-refractivity contribution in [3.05, 3.63) is 41.6 Å². The minimum absolute atomic E-state index is 0.304. The Labute approximate surface area is 126 Å². The molecule has 0 aliphatic carbocycles. The second kappa shape index (κ2) is 5.09. The molecule has 5 nitrogen and oxygen atoms in total. The number of nitrogens with zero attached hydrogens (tertiary/aromatic N) is 2. The topological polar surface area (TPSA) is 73.1 Å². The predicted molar refractivity (Wildman–Crippen MR) is 80.9 cm³/mol. The van der Waals surface area contributed by atoms with Crippen LogP contribution in [0.5, 0.6) is 0 Å². The van der Waals surface area contributed by atoms with Gasteiger partial charge in [0.1, 0.15) is 10.8 Å². The Morgan fingerprint density at radius 2 is 1.90 bits per heavy atom. The van der Waals surface area contributed by atoms with Gasteiger partial charge in [0.05, 0.1) is 22.3 Å². The van der Waals surface area contributed by atoms with Crippen molar-refractivity contribution in [3.63, 3.8) is 0 Å². The molecule has 2 aromatic heterocycles. The van der Waals surface area contributed by atoms with E-state index in [0.29, 0.717) is 4.90 Å². The fraction of sp³-hybridized carbons (Fsp3) is 0.143. The molecular formula is C14H12N2O3S2. The maximum Gasteiger partial charge on any atom is 0.175 e. The Morgan fingerprint density at radius 1 is 1.19 bits per heavy atom. The van der Waals surface area contributed by atoms with Crippen LogP contribution in [0.3, 0.4) is 0 Å². The molecule has 0 atom stereocenters. The van der Waals surface area contributed by atoms with Crippen molar-refractivity contribution in [2.45, 2.75) is 11.8 Å². The van der Waals surface area contributed by atoms with E-state index in [1.54, 1.807) is 30.5 Å². The summed E-state index contributed by atoms with van der Waals surface area (Å²) in [6.45, 7) is 1.84. The number of hydrogen-bond donors (Lipinski definition) is 0. The van der Waals surface area contributed by atoms with Crippen molar-refractivity contribution >= 4 is 21.2 Å². The lowest BCUT2D eigenvalue weighted by Crippen LogP contribution is -1.96. The molecule has 0 bridgehead atoms. The summed E-state index contributed by atoms with van der Waals surface area (Å²) >= 11 is 1.49. The van der Waals surface area contributed by atoms with E-state index in [1.807, 2.05) is 12.3 Å². The Balaban J connectivity index is 1.95. The molecule has 0 amide bonds. The van der Waals surface area contributed by atoms with Crippen LogP contribution in [0.2, 0.25) is 0 Å². The van der Waals surface area contributed by atoms with Gasteiger partial charge < -0.3 is 4.52 Å². The van der Waals surface area contributed by atoms with Gasteiger partial charge in [0.25, 0.3) is 0 Å². The van der Waals surface area contributed by atoms with Crippen molar-refractivity contribution in [2.24, 2.45) is 0 Å². The van der Waals surface area contributed by atoms with E-state index in [4.69, 9.17) is 4.52 Å². The normalized spacial score (nSPS) is 11.7. The van der Waals surface area contributed by atoms with Gasteiger partial charge in [0.15, 0.2) is 9.84 Å². The Kier molecular flexibility index (Phi) is 3.38. The lowest BCUT2D eigenvalue weighted by atomic mass is 10.2. The lowest BCUT2D eigenvalue weighted by Gasteiger charge is -1.99. The van der Waals surface area contributed by atoms with Crippen LogP contribution in [-0.4, -0.2) is 24.8 Å². The standard InChI is InChI=1S/C14H12N2O3S2/c1-9-12(7-15-19-9)13-8-20-14(16-13)10-3-5-11(6-4-10)21(2,17)18/h3-8H,1-2H3. The summed E-state index contributed by atoms with van der Waals surface area (Å²) < 4.78 is 27.9. The van der Waals surface area contributed by atoms with Crippen molar-refractivity contribution in [3.8, 4) is 21.8 Å². The highest BCUT2D eigenvalue weighted by Crippen LogP contribution is 2.30. The summed E-state index contributed by atoms with van der Waals surface area (Å²) in [5, 5.41) is 6.50. The van der Waals surface area contributed by atoms with Crippen LogP contribution in [0, 0.1) is 6.92 Å². The van der Waals surface area contributed by atoms with E-state index < -0.39 is 9.84 Å². The summed E-state index contributed by atoms with van der Waals surface area (Å²) in [7, 11) is -3.18. The molecule has 7 heteroatoms. The molecule has 2 heterocycles. The number of aromatic nitrogens is 2. The first-order valence-electron chi connectivity index (χ1n) is 6.13. The van der Waals surface area contributed by atoms with Crippen LogP contribution in [-0.2, 0) is 9.84 Å². The van der Waals surface area contributed by atoms with Gasteiger partial charge in [0.2, 0.25) is 0 Å². The van der Waals surface area contributed by atoms with E-state index in [2.05, 4.69) is 10.1 Å². The summed E-state index contributed by atoms with van der Waals surface area (Å²) in [4.78, 5) is 4.85. The van der Waals surface area contributed by atoms with Gasteiger partial charge in [-0.1, -0.05) is 17.3 Å². The second-order valence-corrected chi connectivity index (χ2v) is 7.50. The van der Waals surface area contributed by atoms with Crippen LogP contribution < -0.4 is 0 Å². The van der Waals surface area contributed by atoms with Gasteiger partial charge >= 0.3 is 0 Å². The second-order valence-electron chi connectivity index (χ2n) is 4.63. The average molecular weight is 320 g/mol. The quantitative estimate of drug-likeness (QED) is 0.741. The van der Waals surface area contributed by atoms with Crippen molar-refractivity contribution in [1.82, 2.24) is 10.1 Å². The van der Waals surface area contributed by atoms with Crippen LogP contribution in [0.25, 0.3) is 21.8 Å². The van der Waals surface area contributed by atoms with Crippen LogP contribution in [0.1, 0.15) is 5.76 Å². The van der Waals surface area contributed by atoms with Crippen molar-refractivity contribution in [1.29, 1.82) is 0 Å². The molecule has 0 N–H and O–H groups in total. The first-order valence-corrected chi connectivity index (χ1v) is 8.90. The minimum Gasteiger partial charge on any atom is -0.361 e. The number of thiazole rings is 1. The van der Waals surface area contributed by atoms with E-state index in [1.165, 1.54) is 17.6 Å². The first kappa shape index (κ1) is 14.0. The molecule has 0 aliphatic rings. The molecule has 21 heavy (non-hydrogen) atoms. The summed E-state index contributed by atoms with van der Waals surface area (Å²) in [6.07, 6.45) is 2.83. The highest BCUT2D eigenvalue weighted by Gasteiger charge is 2.12. The molecule has 0 saturated carbocycles. The fourth-order valence-corrected chi connectivity index (χ4v) is 3.38. The van der Waals surface area contributed by atoms with Gasteiger partial charge in [-0.15, -0.1) is 11.3 Å². The highest BCUT2D eigenvalue weighted by atomic mass is 32.2. The Morgan fingerprint density at radius 3 is 2.48 bits per heavy atom. The third kappa shape index (κ3) is 2.74. The molecule has 0 saturated heterocycles. The van der Waals surface area contributed by atoms with Gasteiger partial charge in [-0.05, 0) is 19.1 Å². The number of aryl methyl sites for hydroxylation is 1. The zero-order valence-corrected chi connectivity index (χ0v) is 13.0. The van der Waals surface area contributed by atoms with E-state index >= 15 is 0 Å². The fourth-order valence-electron chi connectivity index (χ4n) is 1.92. The van der Waals surface area contributed by atoms with Gasteiger partial charge in [-0.3, -0.25) is 0 Å². The van der Waals surface area contributed by atoms with Crippen LogP contribution >= 0.6 is 11.3 Å². The molecule has 0 unspecified atom stereocenters. The number of sulfone groups is 1. The smallest absolute Gasteiger partial charge is 0.175 e. The maximum absolute atomic E-state index is 11.4. The Bertz CT molecular complexity index is 877. The lowest BCUT2D eigenvalue weighted by molar-refractivity contribution is 0.398. The first-order chi connectivity index (χ1) is 9.95. The molecule has 1 aromatic carbocycles. The van der Waals surface area contributed by atoms with Gasteiger partial charge in [0, 0.05) is 17.2 Å². The predicted octanol–water partition coefficient (Wildman–Crippen LogP) is 3.18. The number of rotatable bonds is 3. The number of benzene rings is 1. The molecule has 3 rings (SSSR count). The maximum atomic E-state index is 11.4. The summed E-state index contributed by atoms with van der Waals surface area (Å²) in [6, 6.07) is 6.71. The van der Waals surface area contributed by atoms with Crippen molar-refractivity contribution < 1.29 is 12.9 Å². The highest BCUT2D eigenvalue weighted by molar-refractivity contribution is 7.90. The third-order valence-corrected chi connectivity index (χ3v) is 5.08. The van der Waals surface area contributed by atoms with Crippen molar-refractivity contribution in [2.75, 3.05) is 6.26 Å². The number of hydrogen-bond acceptors (Lipinski definition) is 6. The van der Waals surface area contributed by atoms with Gasteiger partial charge in [-0.2, -0.15) is 0 Å². The summed E-state index contributed by atoms with van der Waals surface area (Å²) in [5.74, 6) is 0.722. The third-order valence-electron chi connectivity index (χ3n) is 3.06. The van der Waals surface area contributed by atoms with E-state index in [0.717, 1.165) is 27.6 Å². The Hall–Kier alpha value is -1.99. The zero-order chi connectivity index (χ0) is 15.0. The molecule has 108 valence electrons. The molecule has 3 aromatic rings. The van der Waals surface area contributed by atoms with E-state index in [9.17, 15) is 8.42 Å². The largest absolute Gasteiger partial charge is 0.361 e. The molecule has 0 spiro atoms. The van der Waals surface area contributed by atoms with Crippen LogP contribution in [0.4, 0.5) is 0 Å². The monoisotopic (exact) mass is 320 g/mol. The van der Waals surface area contributed by atoms with Crippen LogP contribution in [0.15, 0.2) is 45.3 Å². The molecule has 0 radical (unpaired) electrons. The SMILES string of the molecule is Cc1oncc1-c1csc(-c2ccc(S(C)(=O)=O)cc2)n1. The molecule has 0 aliphatic heterocycles. The minimum atomic E-state index is -3.18. The zero-order valence-electron chi connectivity index (χ0n) is 11.4. The van der Waals surface area contributed by atoms with Gasteiger partial charge in [-0.25, -0.2) is 13.4 Å². The average Bonchev–Trinajstić information content (AvgIpc) is 3.06. The molecule has 0 fully saturated rings. The van der Waals surface area contributed by atoms with E-state index in [-0.39, 0.29) is 0 Å². The molecular weight excluding hydrogens is 308 g/mol.